The van der Waals surface area contributed by atoms with E-state index in [0.717, 1.165) is 26.2 Å². The van der Waals surface area contributed by atoms with E-state index in [1.807, 2.05) is 13.8 Å². The molecule has 0 spiro atoms. The van der Waals surface area contributed by atoms with E-state index in [1.54, 1.807) is 0 Å². The number of hydrogen-bond donors (Lipinski definition) is 1. The van der Waals surface area contributed by atoms with Crippen LogP contribution in [0.5, 0.6) is 0 Å². The van der Waals surface area contributed by atoms with Gasteiger partial charge >= 0.3 is 0 Å². The minimum atomic E-state index is -0.0399. The quantitative estimate of drug-likeness (QED) is 0.570. The molecular weight excluding hydrogens is 190 g/mol. The van der Waals surface area contributed by atoms with Crippen LogP contribution in [-0.2, 0) is 9.47 Å². The average molecular weight is 217 g/mol. The molecule has 0 fully saturated rings. The summed E-state index contributed by atoms with van der Waals surface area (Å²) in [6, 6.07) is 0.633. The van der Waals surface area contributed by atoms with Crippen molar-refractivity contribution in [1.29, 1.82) is 0 Å². The van der Waals surface area contributed by atoms with Gasteiger partial charge in [-0.05, 0) is 26.7 Å². The Kier molecular flexibility index (Phi) is 10.3. The Morgan fingerprint density at radius 2 is 1.47 bits per heavy atom. The Labute approximate surface area is 94.5 Å². The van der Waals surface area contributed by atoms with E-state index in [0.29, 0.717) is 6.04 Å². The molecule has 0 aromatic heterocycles. The summed E-state index contributed by atoms with van der Waals surface area (Å²) in [5.74, 6) is 0. The van der Waals surface area contributed by atoms with Gasteiger partial charge in [-0.15, -0.1) is 0 Å². The molecule has 0 aromatic carbocycles. The zero-order chi connectivity index (χ0) is 11.5. The van der Waals surface area contributed by atoms with Crippen LogP contribution in [0.25, 0.3) is 0 Å². The second-order valence-corrected chi connectivity index (χ2v) is 3.60. The highest BCUT2D eigenvalue weighted by molar-refractivity contribution is 4.62. The molecule has 0 aliphatic heterocycles. The van der Waals surface area contributed by atoms with Gasteiger partial charge in [-0.1, -0.05) is 13.8 Å². The van der Waals surface area contributed by atoms with Crippen LogP contribution in [0.3, 0.4) is 0 Å². The van der Waals surface area contributed by atoms with Crippen molar-refractivity contribution < 1.29 is 9.47 Å². The van der Waals surface area contributed by atoms with Crippen molar-refractivity contribution >= 4 is 0 Å². The molecule has 1 N–H and O–H groups in total. The third-order valence-electron chi connectivity index (χ3n) is 2.50. The standard InChI is InChI=1S/C12H27NO2/c1-5-11(6-2)13-10-9-12(14-7-3)15-8-4/h11-13H,5-10H2,1-4H3. The minimum Gasteiger partial charge on any atom is -0.353 e. The van der Waals surface area contributed by atoms with Crippen LogP contribution < -0.4 is 5.32 Å². The van der Waals surface area contributed by atoms with Gasteiger partial charge in [-0.2, -0.15) is 0 Å². The van der Waals surface area contributed by atoms with Crippen LogP contribution in [-0.4, -0.2) is 32.1 Å². The summed E-state index contributed by atoms with van der Waals surface area (Å²) < 4.78 is 10.9. The lowest BCUT2D eigenvalue weighted by molar-refractivity contribution is -0.138. The predicted octanol–water partition coefficient (Wildman–Crippen LogP) is 2.55. The molecule has 3 nitrogen and oxygen atoms in total. The molecule has 0 amide bonds. The van der Waals surface area contributed by atoms with Crippen molar-refractivity contribution in [3.8, 4) is 0 Å². The highest BCUT2D eigenvalue weighted by atomic mass is 16.7. The molecule has 15 heavy (non-hydrogen) atoms. The Balaban J connectivity index is 3.59. The van der Waals surface area contributed by atoms with E-state index in [1.165, 1.54) is 12.8 Å². The molecule has 0 saturated carbocycles. The summed E-state index contributed by atoms with van der Waals surface area (Å²) in [4.78, 5) is 0. The minimum absolute atomic E-state index is 0.0399. The van der Waals surface area contributed by atoms with Gasteiger partial charge in [-0.25, -0.2) is 0 Å². The largest absolute Gasteiger partial charge is 0.353 e. The van der Waals surface area contributed by atoms with Crippen molar-refractivity contribution in [2.75, 3.05) is 19.8 Å². The third-order valence-corrected chi connectivity index (χ3v) is 2.50. The number of ether oxygens (including phenoxy) is 2. The van der Waals surface area contributed by atoms with Crippen LogP contribution in [0.15, 0.2) is 0 Å². The first-order valence-electron chi connectivity index (χ1n) is 6.24. The van der Waals surface area contributed by atoms with Gasteiger partial charge in [0.2, 0.25) is 0 Å². The van der Waals surface area contributed by atoms with E-state index < -0.39 is 0 Å². The Morgan fingerprint density at radius 1 is 0.933 bits per heavy atom. The number of nitrogens with one attached hydrogen (secondary N) is 1. The molecule has 0 heterocycles. The molecule has 0 rings (SSSR count). The van der Waals surface area contributed by atoms with Crippen molar-refractivity contribution in [3.63, 3.8) is 0 Å². The second kappa shape index (κ2) is 10.4. The van der Waals surface area contributed by atoms with Gasteiger partial charge < -0.3 is 14.8 Å². The maximum Gasteiger partial charge on any atom is 0.158 e. The maximum absolute atomic E-state index is 5.47. The summed E-state index contributed by atoms with van der Waals surface area (Å²) >= 11 is 0. The van der Waals surface area contributed by atoms with Crippen LogP contribution in [0.2, 0.25) is 0 Å². The van der Waals surface area contributed by atoms with E-state index >= 15 is 0 Å². The van der Waals surface area contributed by atoms with Crippen molar-refractivity contribution in [1.82, 2.24) is 5.32 Å². The Morgan fingerprint density at radius 3 is 1.87 bits per heavy atom. The molecule has 0 unspecified atom stereocenters. The zero-order valence-corrected chi connectivity index (χ0v) is 10.7. The lowest BCUT2D eigenvalue weighted by atomic mass is 10.2. The van der Waals surface area contributed by atoms with Crippen LogP contribution in [0.4, 0.5) is 0 Å². The summed E-state index contributed by atoms with van der Waals surface area (Å²) in [5, 5.41) is 3.51. The van der Waals surface area contributed by atoms with Crippen LogP contribution in [0, 0.1) is 0 Å². The van der Waals surface area contributed by atoms with E-state index in [4.69, 9.17) is 9.47 Å². The first-order valence-corrected chi connectivity index (χ1v) is 6.24. The SMILES string of the molecule is CCOC(CCNC(CC)CC)OCC. The second-order valence-electron chi connectivity index (χ2n) is 3.60. The van der Waals surface area contributed by atoms with Crippen molar-refractivity contribution in [3.05, 3.63) is 0 Å². The van der Waals surface area contributed by atoms with Gasteiger partial charge in [0, 0.05) is 32.2 Å². The molecule has 0 saturated heterocycles. The fourth-order valence-electron chi connectivity index (χ4n) is 1.57. The number of rotatable bonds is 10. The summed E-state index contributed by atoms with van der Waals surface area (Å²) in [7, 11) is 0. The predicted molar refractivity (Wildman–Crippen MR) is 64.0 cm³/mol. The van der Waals surface area contributed by atoms with Gasteiger partial charge in [0.1, 0.15) is 0 Å². The highest BCUT2D eigenvalue weighted by Crippen LogP contribution is 2.02. The lowest BCUT2D eigenvalue weighted by Crippen LogP contribution is -2.31. The van der Waals surface area contributed by atoms with Crippen molar-refractivity contribution in [2.24, 2.45) is 0 Å². The van der Waals surface area contributed by atoms with E-state index in [-0.39, 0.29) is 6.29 Å². The average Bonchev–Trinajstić information content (AvgIpc) is 2.25. The highest BCUT2D eigenvalue weighted by Gasteiger charge is 2.08. The van der Waals surface area contributed by atoms with Gasteiger partial charge in [0.05, 0.1) is 0 Å². The van der Waals surface area contributed by atoms with E-state index in [9.17, 15) is 0 Å². The molecule has 0 radical (unpaired) electrons. The fourth-order valence-corrected chi connectivity index (χ4v) is 1.57. The monoisotopic (exact) mass is 217 g/mol. The van der Waals surface area contributed by atoms with Gasteiger partial charge in [0.25, 0.3) is 0 Å². The zero-order valence-electron chi connectivity index (χ0n) is 10.7. The summed E-state index contributed by atoms with van der Waals surface area (Å²) in [5.41, 5.74) is 0. The normalized spacial score (nSPS) is 11.6. The third kappa shape index (κ3) is 7.77. The smallest absolute Gasteiger partial charge is 0.158 e. The molecule has 3 heteroatoms. The molecule has 0 aliphatic carbocycles. The maximum atomic E-state index is 5.47. The van der Waals surface area contributed by atoms with Crippen LogP contribution >= 0.6 is 0 Å². The Bertz CT molecular complexity index is 121. The molecule has 92 valence electrons. The summed E-state index contributed by atoms with van der Waals surface area (Å²) in [6.45, 7) is 10.8. The molecular formula is C12H27NO2. The van der Waals surface area contributed by atoms with E-state index in [2.05, 4.69) is 19.2 Å². The first kappa shape index (κ1) is 14.9. The van der Waals surface area contributed by atoms with Crippen molar-refractivity contribution in [2.45, 2.75) is 59.3 Å². The molecule has 0 atom stereocenters. The van der Waals surface area contributed by atoms with Gasteiger partial charge in [0.15, 0.2) is 6.29 Å². The molecule has 0 aliphatic rings. The fraction of sp³-hybridized carbons (Fsp3) is 1.00. The first-order chi connectivity index (χ1) is 7.28. The topological polar surface area (TPSA) is 30.5 Å². The molecule has 0 aromatic rings. The van der Waals surface area contributed by atoms with Crippen LogP contribution in [0.1, 0.15) is 47.0 Å². The lowest BCUT2D eigenvalue weighted by Gasteiger charge is -2.19. The Hall–Kier alpha value is -0.120. The summed E-state index contributed by atoms with van der Waals surface area (Å²) in [6.07, 6.45) is 3.26. The molecule has 0 bridgehead atoms. The number of hydrogen-bond acceptors (Lipinski definition) is 3. The van der Waals surface area contributed by atoms with Gasteiger partial charge in [-0.3, -0.25) is 0 Å².